The van der Waals surface area contributed by atoms with Gasteiger partial charge in [-0.3, -0.25) is 0 Å². The van der Waals surface area contributed by atoms with Crippen LogP contribution in [0, 0.1) is 0 Å². The third kappa shape index (κ3) is 1.64. The van der Waals surface area contributed by atoms with Crippen LogP contribution in [0.2, 0.25) is 5.02 Å². The maximum absolute atomic E-state index is 9.01. The molecule has 2 rings (SSSR count). The Hall–Kier alpha value is -1.32. The second-order valence-corrected chi connectivity index (χ2v) is 3.28. The van der Waals surface area contributed by atoms with Crippen molar-refractivity contribution in [2.45, 2.75) is 6.61 Å². The van der Waals surface area contributed by atoms with Gasteiger partial charge in [-0.2, -0.15) is 0 Å². The third-order valence-corrected chi connectivity index (χ3v) is 2.22. The Morgan fingerprint density at radius 1 is 1.29 bits per heavy atom. The van der Waals surface area contributed by atoms with Gasteiger partial charge in [0, 0.05) is 23.1 Å². The molecule has 0 amide bonds. The van der Waals surface area contributed by atoms with Crippen LogP contribution in [0.4, 0.5) is 0 Å². The van der Waals surface area contributed by atoms with Crippen LogP contribution in [0.5, 0.6) is 0 Å². The van der Waals surface area contributed by atoms with Gasteiger partial charge in [0.1, 0.15) is 12.4 Å². The van der Waals surface area contributed by atoms with Gasteiger partial charge < -0.3 is 9.67 Å². The van der Waals surface area contributed by atoms with Gasteiger partial charge in [-0.1, -0.05) is 11.6 Å². The van der Waals surface area contributed by atoms with Crippen LogP contribution < -0.4 is 0 Å². The van der Waals surface area contributed by atoms with Crippen LogP contribution in [-0.2, 0) is 6.61 Å². The first-order chi connectivity index (χ1) is 6.81. The normalized spacial score (nSPS) is 10.4. The van der Waals surface area contributed by atoms with Crippen molar-refractivity contribution in [3.05, 3.63) is 47.5 Å². The van der Waals surface area contributed by atoms with Gasteiger partial charge in [-0.05, 0) is 24.3 Å². The minimum Gasteiger partial charge on any atom is -0.388 e. The van der Waals surface area contributed by atoms with Gasteiger partial charge >= 0.3 is 0 Å². The average Bonchev–Trinajstić information content (AvgIpc) is 2.67. The first kappa shape index (κ1) is 9.24. The van der Waals surface area contributed by atoms with Gasteiger partial charge in [0.05, 0.1) is 0 Å². The van der Waals surface area contributed by atoms with E-state index in [2.05, 4.69) is 4.98 Å². The van der Waals surface area contributed by atoms with E-state index < -0.39 is 0 Å². The molecule has 0 bridgehead atoms. The van der Waals surface area contributed by atoms with Crippen LogP contribution in [0.15, 0.2) is 36.7 Å². The standard InChI is InChI=1S/C10H9ClN2O/c11-8-1-3-9(4-2-8)13-6-5-12-10(13)7-14/h1-6,14H,7H2. The van der Waals surface area contributed by atoms with E-state index in [1.165, 1.54) is 0 Å². The monoisotopic (exact) mass is 208 g/mol. The molecule has 1 heterocycles. The van der Waals surface area contributed by atoms with E-state index in [9.17, 15) is 0 Å². The number of aliphatic hydroxyl groups excluding tert-OH is 1. The molecule has 0 aliphatic carbocycles. The highest BCUT2D eigenvalue weighted by molar-refractivity contribution is 6.30. The van der Waals surface area contributed by atoms with Crippen molar-refractivity contribution < 1.29 is 5.11 Å². The van der Waals surface area contributed by atoms with E-state index in [4.69, 9.17) is 16.7 Å². The molecular weight excluding hydrogens is 200 g/mol. The molecule has 0 atom stereocenters. The van der Waals surface area contributed by atoms with Crippen molar-refractivity contribution in [2.75, 3.05) is 0 Å². The fraction of sp³-hybridized carbons (Fsp3) is 0.100. The van der Waals surface area contributed by atoms with Gasteiger partial charge in [-0.15, -0.1) is 0 Å². The molecule has 0 aliphatic rings. The fourth-order valence-electron chi connectivity index (χ4n) is 1.29. The molecule has 72 valence electrons. The van der Waals surface area contributed by atoms with Crippen LogP contribution in [0.25, 0.3) is 5.69 Å². The first-order valence-corrected chi connectivity index (χ1v) is 4.58. The second kappa shape index (κ2) is 3.82. The molecule has 0 radical (unpaired) electrons. The minimum atomic E-state index is -0.0738. The lowest BCUT2D eigenvalue weighted by Gasteiger charge is -2.05. The lowest BCUT2D eigenvalue weighted by Crippen LogP contribution is -1.99. The molecular formula is C10H9ClN2O. The van der Waals surface area contributed by atoms with Crippen molar-refractivity contribution in [2.24, 2.45) is 0 Å². The van der Waals surface area contributed by atoms with E-state index in [1.807, 2.05) is 16.7 Å². The van der Waals surface area contributed by atoms with Crippen molar-refractivity contribution >= 4 is 11.6 Å². The van der Waals surface area contributed by atoms with Crippen LogP contribution in [0.1, 0.15) is 5.82 Å². The van der Waals surface area contributed by atoms with Crippen molar-refractivity contribution in [1.29, 1.82) is 0 Å². The molecule has 1 aromatic heterocycles. The lowest BCUT2D eigenvalue weighted by molar-refractivity contribution is 0.269. The molecule has 0 spiro atoms. The summed E-state index contributed by atoms with van der Waals surface area (Å²) in [7, 11) is 0. The number of aliphatic hydroxyl groups is 1. The lowest BCUT2D eigenvalue weighted by atomic mass is 10.3. The summed E-state index contributed by atoms with van der Waals surface area (Å²) in [6.07, 6.45) is 3.45. The predicted octanol–water partition coefficient (Wildman–Crippen LogP) is 2.02. The van der Waals surface area contributed by atoms with E-state index in [-0.39, 0.29) is 6.61 Å². The third-order valence-electron chi connectivity index (χ3n) is 1.96. The summed E-state index contributed by atoms with van der Waals surface area (Å²) in [6.45, 7) is -0.0738. The number of nitrogens with zero attached hydrogens (tertiary/aromatic N) is 2. The molecule has 0 unspecified atom stereocenters. The molecule has 0 fully saturated rings. The summed E-state index contributed by atoms with van der Waals surface area (Å²) in [5, 5.41) is 9.71. The maximum Gasteiger partial charge on any atom is 0.139 e. The molecule has 14 heavy (non-hydrogen) atoms. The summed E-state index contributed by atoms with van der Waals surface area (Å²) < 4.78 is 1.82. The highest BCUT2D eigenvalue weighted by atomic mass is 35.5. The number of hydrogen-bond acceptors (Lipinski definition) is 2. The quantitative estimate of drug-likeness (QED) is 0.820. The number of halogens is 1. The Morgan fingerprint density at radius 2 is 2.00 bits per heavy atom. The van der Waals surface area contributed by atoms with Crippen LogP contribution in [0.3, 0.4) is 0 Å². The minimum absolute atomic E-state index is 0.0738. The zero-order valence-corrected chi connectivity index (χ0v) is 8.15. The summed E-state index contributed by atoms with van der Waals surface area (Å²) in [5.74, 6) is 0.618. The first-order valence-electron chi connectivity index (χ1n) is 4.20. The zero-order chi connectivity index (χ0) is 9.97. The molecule has 4 heteroatoms. The Labute approximate surface area is 86.6 Å². The number of hydrogen-bond donors (Lipinski definition) is 1. The Balaban J connectivity index is 2.44. The van der Waals surface area contributed by atoms with Crippen molar-refractivity contribution in [3.63, 3.8) is 0 Å². The van der Waals surface area contributed by atoms with E-state index in [0.29, 0.717) is 10.8 Å². The highest BCUT2D eigenvalue weighted by Gasteiger charge is 2.02. The van der Waals surface area contributed by atoms with Crippen molar-refractivity contribution in [1.82, 2.24) is 9.55 Å². The fourth-order valence-corrected chi connectivity index (χ4v) is 1.41. The summed E-state index contributed by atoms with van der Waals surface area (Å²) in [5.41, 5.74) is 0.941. The van der Waals surface area contributed by atoms with Crippen LogP contribution in [-0.4, -0.2) is 14.7 Å². The molecule has 1 N–H and O–H groups in total. The summed E-state index contributed by atoms with van der Waals surface area (Å²) in [4.78, 5) is 4.01. The van der Waals surface area contributed by atoms with Gasteiger partial charge in [-0.25, -0.2) is 4.98 Å². The molecule has 3 nitrogen and oxygen atoms in total. The predicted molar refractivity (Wildman–Crippen MR) is 54.5 cm³/mol. The summed E-state index contributed by atoms with van der Waals surface area (Å²) >= 11 is 5.77. The summed E-state index contributed by atoms with van der Waals surface area (Å²) in [6, 6.07) is 7.36. The van der Waals surface area contributed by atoms with Gasteiger partial charge in [0.25, 0.3) is 0 Å². The molecule has 2 aromatic rings. The van der Waals surface area contributed by atoms with E-state index >= 15 is 0 Å². The van der Waals surface area contributed by atoms with Crippen molar-refractivity contribution in [3.8, 4) is 5.69 Å². The maximum atomic E-state index is 9.01. The largest absolute Gasteiger partial charge is 0.388 e. The Bertz CT molecular complexity index is 422. The smallest absolute Gasteiger partial charge is 0.139 e. The number of imidazole rings is 1. The molecule has 0 aliphatic heterocycles. The highest BCUT2D eigenvalue weighted by Crippen LogP contribution is 2.14. The van der Waals surface area contributed by atoms with E-state index in [1.54, 1.807) is 24.5 Å². The number of aromatic nitrogens is 2. The van der Waals surface area contributed by atoms with Crippen LogP contribution >= 0.6 is 11.6 Å². The Kier molecular flexibility index (Phi) is 2.52. The van der Waals surface area contributed by atoms with E-state index in [0.717, 1.165) is 5.69 Å². The second-order valence-electron chi connectivity index (χ2n) is 2.85. The molecule has 0 saturated heterocycles. The Morgan fingerprint density at radius 3 is 2.64 bits per heavy atom. The molecule has 0 saturated carbocycles. The number of benzene rings is 1. The van der Waals surface area contributed by atoms with Gasteiger partial charge in [0.2, 0.25) is 0 Å². The topological polar surface area (TPSA) is 38.1 Å². The van der Waals surface area contributed by atoms with Gasteiger partial charge in [0.15, 0.2) is 0 Å². The SMILES string of the molecule is OCc1nccn1-c1ccc(Cl)cc1. The number of rotatable bonds is 2. The zero-order valence-electron chi connectivity index (χ0n) is 7.39. The average molecular weight is 209 g/mol. The molecule has 1 aromatic carbocycles.